The zero-order valence-corrected chi connectivity index (χ0v) is 19.2. The Bertz CT molecular complexity index is 991. The number of halogens is 1. The van der Waals surface area contributed by atoms with Gasteiger partial charge in [-0.2, -0.15) is 0 Å². The van der Waals surface area contributed by atoms with E-state index in [1.807, 2.05) is 13.0 Å². The summed E-state index contributed by atoms with van der Waals surface area (Å²) in [5.41, 5.74) is 4.31. The maximum atomic E-state index is 12.8. The highest BCUT2D eigenvalue weighted by molar-refractivity contribution is 9.10. The Balaban J connectivity index is 1.76. The molecule has 1 aliphatic carbocycles. The molecule has 1 atom stereocenters. The van der Waals surface area contributed by atoms with Crippen LogP contribution in [-0.2, 0) is 27.7 Å². The fraction of sp³-hybridized carbons (Fsp3) is 0.409. The number of hydrogen-bond donors (Lipinski definition) is 1. The zero-order valence-electron chi connectivity index (χ0n) is 16.8. The van der Waals surface area contributed by atoms with Crippen molar-refractivity contribution in [3.05, 3.63) is 63.6 Å². The Morgan fingerprint density at radius 2 is 1.86 bits per heavy atom. The molecule has 2 aromatic carbocycles. The summed E-state index contributed by atoms with van der Waals surface area (Å²) in [5, 5.41) is 3.02. The van der Waals surface area contributed by atoms with Gasteiger partial charge >= 0.3 is 0 Å². The van der Waals surface area contributed by atoms with Crippen molar-refractivity contribution in [1.82, 2.24) is 5.32 Å². The predicted octanol–water partition coefficient (Wildman–Crippen LogP) is 4.36. The Morgan fingerprint density at radius 1 is 1.14 bits per heavy atom. The van der Waals surface area contributed by atoms with Gasteiger partial charge < -0.3 is 5.32 Å². The maximum absolute atomic E-state index is 12.8. The summed E-state index contributed by atoms with van der Waals surface area (Å²) < 4.78 is 26.5. The number of carbonyl (C=O) groups is 1. The minimum atomic E-state index is -3.60. The molecule has 1 N–H and O–H groups in total. The molecule has 0 saturated heterocycles. The lowest BCUT2D eigenvalue weighted by Gasteiger charge is -2.25. The molecule has 0 heterocycles. The van der Waals surface area contributed by atoms with Gasteiger partial charge in [-0.1, -0.05) is 47.1 Å². The number of aryl methyl sites for hydroxylation is 2. The van der Waals surface area contributed by atoms with Crippen LogP contribution in [0.15, 0.2) is 46.9 Å². The van der Waals surface area contributed by atoms with Crippen molar-refractivity contribution in [2.45, 2.75) is 45.1 Å². The average molecular weight is 479 g/mol. The van der Waals surface area contributed by atoms with E-state index < -0.39 is 10.0 Å². The normalized spacial score (nSPS) is 14.7. The molecule has 3 rings (SSSR count). The average Bonchev–Trinajstić information content (AvgIpc) is 2.69. The van der Waals surface area contributed by atoms with Gasteiger partial charge in [0.15, 0.2) is 0 Å². The molecular formula is C22H27BrN2O3S. The van der Waals surface area contributed by atoms with Crippen LogP contribution in [0.2, 0.25) is 0 Å². The molecule has 7 heteroatoms. The third-order valence-corrected chi connectivity index (χ3v) is 6.94. The second-order valence-electron chi connectivity index (χ2n) is 7.51. The number of rotatable bonds is 7. The molecular weight excluding hydrogens is 452 g/mol. The van der Waals surface area contributed by atoms with Crippen molar-refractivity contribution >= 4 is 37.5 Å². The van der Waals surface area contributed by atoms with Gasteiger partial charge in [0.05, 0.1) is 18.0 Å². The summed E-state index contributed by atoms with van der Waals surface area (Å²) in [4.78, 5) is 12.8. The third-order valence-electron chi connectivity index (χ3n) is 5.30. The number of hydrogen-bond acceptors (Lipinski definition) is 3. The van der Waals surface area contributed by atoms with Crippen LogP contribution in [0.1, 0.15) is 48.9 Å². The highest BCUT2D eigenvalue weighted by atomic mass is 79.9. The molecule has 156 valence electrons. The van der Waals surface area contributed by atoms with E-state index in [4.69, 9.17) is 0 Å². The summed E-state index contributed by atoms with van der Waals surface area (Å²) >= 11 is 3.35. The topological polar surface area (TPSA) is 66.5 Å². The van der Waals surface area contributed by atoms with Crippen LogP contribution in [-0.4, -0.2) is 27.1 Å². The summed E-state index contributed by atoms with van der Waals surface area (Å²) in [5.74, 6) is -0.319. The SMILES string of the molecule is CC[C@H](NC(=O)CN(c1cccc(Br)c1)S(C)(=O)=O)c1ccc2c(c1)CCCC2. The number of nitrogens with one attached hydrogen (secondary N) is 1. The number of sulfonamides is 1. The van der Waals surface area contributed by atoms with E-state index in [1.165, 1.54) is 24.0 Å². The van der Waals surface area contributed by atoms with Crippen molar-refractivity contribution in [3.63, 3.8) is 0 Å². The van der Waals surface area contributed by atoms with Gasteiger partial charge in [-0.3, -0.25) is 9.10 Å². The van der Waals surface area contributed by atoms with E-state index in [0.717, 1.165) is 39.9 Å². The van der Waals surface area contributed by atoms with Gasteiger partial charge in [0, 0.05) is 4.47 Å². The summed E-state index contributed by atoms with van der Waals surface area (Å²) in [6.07, 6.45) is 6.49. The number of fused-ring (bicyclic) bond motifs is 1. The van der Waals surface area contributed by atoms with Crippen LogP contribution in [0.4, 0.5) is 5.69 Å². The van der Waals surface area contributed by atoms with Crippen molar-refractivity contribution in [3.8, 4) is 0 Å². The molecule has 0 aliphatic heterocycles. The molecule has 0 spiro atoms. The molecule has 5 nitrogen and oxygen atoms in total. The van der Waals surface area contributed by atoms with Crippen LogP contribution in [0, 0.1) is 0 Å². The fourth-order valence-electron chi connectivity index (χ4n) is 3.79. The van der Waals surface area contributed by atoms with Gasteiger partial charge in [0.25, 0.3) is 0 Å². The molecule has 0 unspecified atom stereocenters. The first-order valence-corrected chi connectivity index (χ1v) is 12.6. The largest absolute Gasteiger partial charge is 0.348 e. The molecule has 0 fully saturated rings. The van der Waals surface area contributed by atoms with Crippen LogP contribution >= 0.6 is 15.9 Å². The van der Waals surface area contributed by atoms with Gasteiger partial charge in [-0.15, -0.1) is 0 Å². The summed E-state index contributed by atoms with van der Waals surface area (Å²) in [6.45, 7) is 1.77. The fourth-order valence-corrected chi connectivity index (χ4v) is 5.03. The number of anilines is 1. The standard InChI is InChI=1S/C22H27BrN2O3S/c1-3-21(18-12-11-16-7-4-5-8-17(16)13-18)24-22(26)15-25(29(2,27)28)20-10-6-9-19(23)14-20/h6,9-14,21H,3-5,7-8,15H2,1-2H3,(H,24,26)/t21-/m0/s1. The Kier molecular flexibility index (Phi) is 7.01. The van der Waals surface area contributed by atoms with E-state index in [9.17, 15) is 13.2 Å². The lowest BCUT2D eigenvalue weighted by atomic mass is 9.89. The maximum Gasteiger partial charge on any atom is 0.241 e. The molecule has 1 aliphatic rings. The number of amides is 1. The molecule has 1 amide bonds. The third kappa shape index (κ3) is 5.60. The first-order chi connectivity index (χ1) is 13.8. The van der Waals surface area contributed by atoms with Gasteiger partial charge in [-0.05, 0) is 67.0 Å². The zero-order chi connectivity index (χ0) is 21.0. The van der Waals surface area contributed by atoms with Crippen molar-refractivity contribution in [1.29, 1.82) is 0 Å². The molecule has 2 aromatic rings. The van der Waals surface area contributed by atoms with E-state index in [2.05, 4.69) is 39.4 Å². The Morgan fingerprint density at radius 3 is 2.52 bits per heavy atom. The molecule has 29 heavy (non-hydrogen) atoms. The lowest BCUT2D eigenvalue weighted by molar-refractivity contribution is -0.120. The van der Waals surface area contributed by atoms with Crippen LogP contribution in [0.3, 0.4) is 0 Å². The van der Waals surface area contributed by atoms with Crippen molar-refractivity contribution in [2.75, 3.05) is 17.1 Å². The summed E-state index contributed by atoms with van der Waals surface area (Å²) in [7, 11) is -3.60. The van der Waals surface area contributed by atoms with Gasteiger partial charge in [0.1, 0.15) is 6.54 Å². The Labute approximate surface area is 181 Å². The minimum Gasteiger partial charge on any atom is -0.348 e. The number of carbonyl (C=O) groups excluding carboxylic acids is 1. The molecule has 0 bridgehead atoms. The van der Waals surface area contributed by atoms with Crippen molar-refractivity contribution in [2.24, 2.45) is 0 Å². The first-order valence-electron chi connectivity index (χ1n) is 9.92. The minimum absolute atomic E-state index is 0.140. The van der Waals surface area contributed by atoms with Gasteiger partial charge in [0.2, 0.25) is 15.9 Å². The highest BCUT2D eigenvalue weighted by Crippen LogP contribution is 2.26. The number of benzene rings is 2. The highest BCUT2D eigenvalue weighted by Gasteiger charge is 2.23. The van der Waals surface area contributed by atoms with Crippen LogP contribution in [0.5, 0.6) is 0 Å². The second-order valence-corrected chi connectivity index (χ2v) is 10.3. The van der Waals surface area contributed by atoms with Gasteiger partial charge in [-0.25, -0.2) is 8.42 Å². The second kappa shape index (κ2) is 9.30. The van der Waals surface area contributed by atoms with Crippen LogP contribution < -0.4 is 9.62 Å². The van der Waals surface area contributed by atoms with E-state index >= 15 is 0 Å². The van der Waals surface area contributed by atoms with E-state index in [-0.39, 0.29) is 18.5 Å². The molecule has 0 radical (unpaired) electrons. The first kappa shape index (κ1) is 21.8. The molecule has 0 saturated carbocycles. The summed E-state index contributed by atoms with van der Waals surface area (Å²) in [6, 6.07) is 13.2. The Hall–Kier alpha value is -1.86. The van der Waals surface area contributed by atoms with Crippen molar-refractivity contribution < 1.29 is 13.2 Å². The van der Waals surface area contributed by atoms with E-state index in [1.54, 1.807) is 18.2 Å². The molecule has 0 aromatic heterocycles. The monoisotopic (exact) mass is 478 g/mol. The number of nitrogens with zero attached hydrogens (tertiary/aromatic N) is 1. The van der Waals surface area contributed by atoms with E-state index in [0.29, 0.717) is 5.69 Å². The van der Waals surface area contributed by atoms with Crippen LogP contribution in [0.25, 0.3) is 0 Å². The lowest BCUT2D eigenvalue weighted by Crippen LogP contribution is -2.41. The quantitative estimate of drug-likeness (QED) is 0.642. The predicted molar refractivity (Wildman–Crippen MR) is 121 cm³/mol. The smallest absolute Gasteiger partial charge is 0.241 e.